The molecule has 1 aliphatic rings. The van der Waals surface area contributed by atoms with E-state index >= 15 is 0 Å². The van der Waals surface area contributed by atoms with E-state index in [1.807, 2.05) is 0 Å². The molecule has 0 radical (unpaired) electrons. The highest BCUT2D eigenvalue weighted by molar-refractivity contribution is 5.77. The number of nitrogens with two attached hydrogens (primary N) is 1. The minimum Gasteiger partial charge on any atom is -0.476 e. The van der Waals surface area contributed by atoms with E-state index in [2.05, 4.69) is 21.9 Å². The Kier molecular flexibility index (Phi) is 4.60. The van der Waals surface area contributed by atoms with Crippen LogP contribution in [0.2, 0.25) is 0 Å². The average Bonchev–Trinajstić information content (AvgIpc) is 3.10. The van der Waals surface area contributed by atoms with Crippen molar-refractivity contribution >= 4 is 17.1 Å². The number of imidazole rings is 1. The van der Waals surface area contributed by atoms with Gasteiger partial charge in [-0.15, -0.1) is 0 Å². The first-order valence-electron chi connectivity index (χ1n) is 7.71. The molecule has 2 aromatic heterocycles. The summed E-state index contributed by atoms with van der Waals surface area (Å²) in [6, 6.07) is 0. The fourth-order valence-corrected chi connectivity index (χ4v) is 2.58. The van der Waals surface area contributed by atoms with E-state index in [-0.39, 0.29) is 12.6 Å². The molecule has 1 fully saturated rings. The van der Waals surface area contributed by atoms with Crippen molar-refractivity contribution in [3.8, 4) is 5.88 Å². The molecule has 1 aliphatic heterocycles. The number of nitrogen functional groups attached to an aromatic ring is 1. The summed E-state index contributed by atoms with van der Waals surface area (Å²) in [5.41, 5.74) is 6.75. The van der Waals surface area contributed by atoms with Gasteiger partial charge in [0.2, 0.25) is 11.8 Å². The molecule has 3 heterocycles. The van der Waals surface area contributed by atoms with Crippen molar-refractivity contribution in [1.82, 2.24) is 19.5 Å². The minimum atomic E-state index is -0.734. The highest BCUT2D eigenvalue weighted by atomic mass is 16.5. The Morgan fingerprint density at radius 2 is 2.30 bits per heavy atom. The number of rotatable bonds is 6. The number of aromatic nitrogens is 4. The van der Waals surface area contributed by atoms with E-state index in [1.54, 1.807) is 10.9 Å². The van der Waals surface area contributed by atoms with E-state index in [4.69, 9.17) is 15.2 Å². The van der Waals surface area contributed by atoms with Crippen LogP contribution >= 0.6 is 0 Å². The van der Waals surface area contributed by atoms with E-state index < -0.39 is 18.4 Å². The number of nitrogens with zero attached hydrogens (tertiary/aromatic N) is 4. The Morgan fingerprint density at radius 1 is 1.48 bits per heavy atom. The number of anilines is 1. The Labute approximate surface area is 133 Å². The first-order valence-corrected chi connectivity index (χ1v) is 7.71. The van der Waals surface area contributed by atoms with Crippen LogP contribution in [0, 0.1) is 0 Å². The summed E-state index contributed by atoms with van der Waals surface area (Å²) in [7, 11) is 0. The summed E-state index contributed by atoms with van der Waals surface area (Å²) in [6.45, 7) is 2.36. The van der Waals surface area contributed by atoms with Crippen LogP contribution in [0.1, 0.15) is 32.4 Å². The molecule has 0 spiro atoms. The Morgan fingerprint density at radius 3 is 3.00 bits per heavy atom. The van der Waals surface area contributed by atoms with Crippen LogP contribution in [0.4, 0.5) is 5.95 Å². The quantitative estimate of drug-likeness (QED) is 0.644. The fourth-order valence-electron chi connectivity index (χ4n) is 2.58. The molecule has 4 N–H and O–H groups in total. The van der Waals surface area contributed by atoms with Gasteiger partial charge in [-0.05, 0) is 6.42 Å². The third kappa shape index (κ3) is 3.07. The lowest BCUT2D eigenvalue weighted by molar-refractivity contribution is -0.0432. The SMILES string of the molecule is CCCCOc1nc(N)nc2c1ncn2[C@H]1C[C@H](O)[C@@H](CO)O1. The van der Waals surface area contributed by atoms with Crippen LogP contribution in [0.15, 0.2) is 6.33 Å². The number of hydrogen-bond acceptors (Lipinski definition) is 8. The van der Waals surface area contributed by atoms with E-state index in [0.717, 1.165) is 12.8 Å². The molecule has 0 aliphatic carbocycles. The number of aliphatic hydroxyl groups is 2. The van der Waals surface area contributed by atoms with Gasteiger partial charge in [0, 0.05) is 6.42 Å². The summed E-state index contributed by atoms with van der Waals surface area (Å²) in [6.07, 6.45) is 2.00. The third-order valence-corrected chi connectivity index (χ3v) is 3.84. The summed E-state index contributed by atoms with van der Waals surface area (Å²) in [5.74, 6) is 0.431. The number of hydrogen-bond donors (Lipinski definition) is 3. The highest BCUT2D eigenvalue weighted by Gasteiger charge is 2.35. The van der Waals surface area contributed by atoms with Crippen molar-refractivity contribution < 1.29 is 19.7 Å². The van der Waals surface area contributed by atoms with Gasteiger partial charge in [0.15, 0.2) is 11.2 Å². The third-order valence-electron chi connectivity index (χ3n) is 3.84. The van der Waals surface area contributed by atoms with Gasteiger partial charge in [-0.3, -0.25) is 4.57 Å². The second kappa shape index (κ2) is 6.65. The van der Waals surface area contributed by atoms with Gasteiger partial charge in [-0.25, -0.2) is 4.98 Å². The zero-order chi connectivity index (χ0) is 16.4. The predicted octanol–water partition coefficient (Wildman–Crippen LogP) is 0.228. The van der Waals surface area contributed by atoms with Crippen molar-refractivity contribution in [1.29, 1.82) is 0 Å². The van der Waals surface area contributed by atoms with E-state index in [9.17, 15) is 10.2 Å². The second-order valence-corrected chi connectivity index (χ2v) is 5.53. The van der Waals surface area contributed by atoms with Crippen molar-refractivity contribution in [3.63, 3.8) is 0 Å². The van der Waals surface area contributed by atoms with Gasteiger partial charge < -0.3 is 25.4 Å². The van der Waals surface area contributed by atoms with E-state index in [1.165, 1.54) is 0 Å². The summed E-state index contributed by atoms with van der Waals surface area (Å²) >= 11 is 0. The summed E-state index contributed by atoms with van der Waals surface area (Å²) < 4.78 is 13.0. The van der Waals surface area contributed by atoms with Crippen LogP contribution in [0.5, 0.6) is 5.88 Å². The Balaban J connectivity index is 1.91. The number of ether oxygens (including phenoxy) is 2. The maximum Gasteiger partial charge on any atom is 0.247 e. The van der Waals surface area contributed by atoms with Crippen LogP contribution in [-0.4, -0.2) is 55.2 Å². The molecule has 3 atom stereocenters. The monoisotopic (exact) mass is 323 g/mol. The molecule has 2 aromatic rings. The molecular formula is C14H21N5O4. The standard InChI is InChI=1S/C14H21N5O4/c1-2-3-4-22-13-11-12(17-14(15)18-13)19(7-16-11)10-5-8(21)9(6-20)23-10/h7-10,20-21H,2-6H2,1H3,(H2,15,17,18)/t8-,9+,10+/m0/s1. The Hall–Kier alpha value is -1.97. The molecule has 0 aromatic carbocycles. The number of aliphatic hydroxyl groups excluding tert-OH is 2. The topological polar surface area (TPSA) is 129 Å². The normalized spacial score (nSPS) is 24.4. The number of fused-ring (bicyclic) bond motifs is 1. The zero-order valence-corrected chi connectivity index (χ0v) is 12.9. The molecule has 126 valence electrons. The van der Waals surface area contributed by atoms with Crippen LogP contribution < -0.4 is 10.5 Å². The molecule has 0 amide bonds. The molecule has 3 rings (SSSR count). The molecule has 0 saturated carbocycles. The van der Waals surface area contributed by atoms with Gasteiger partial charge in [0.25, 0.3) is 0 Å². The first-order chi connectivity index (χ1) is 11.1. The Bertz CT molecular complexity index is 676. The first kappa shape index (κ1) is 15.9. The van der Waals surface area contributed by atoms with Crippen LogP contribution in [0.25, 0.3) is 11.2 Å². The molecule has 9 heteroatoms. The molecular weight excluding hydrogens is 302 g/mol. The van der Waals surface area contributed by atoms with Crippen LogP contribution in [-0.2, 0) is 4.74 Å². The van der Waals surface area contributed by atoms with Crippen molar-refractivity contribution in [2.75, 3.05) is 18.9 Å². The van der Waals surface area contributed by atoms with Crippen LogP contribution in [0.3, 0.4) is 0 Å². The zero-order valence-electron chi connectivity index (χ0n) is 12.9. The van der Waals surface area contributed by atoms with Crippen molar-refractivity contribution in [2.24, 2.45) is 0 Å². The van der Waals surface area contributed by atoms with Crippen molar-refractivity contribution in [2.45, 2.75) is 44.6 Å². The maximum absolute atomic E-state index is 9.88. The minimum absolute atomic E-state index is 0.0861. The predicted molar refractivity (Wildman–Crippen MR) is 81.8 cm³/mol. The van der Waals surface area contributed by atoms with Gasteiger partial charge in [0.05, 0.1) is 25.6 Å². The smallest absolute Gasteiger partial charge is 0.247 e. The fraction of sp³-hybridized carbons (Fsp3) is 0.643. The largest absolute Gasteiger partial charge is 0.476 e. The highest BCUT2D eigenvalue weighted by Crippen LogP contribution is 2.32. The lowest BCUT2D eigenvalue weighted by Gasteiger charge is -2.14. The van der Waals surface area contributed by atoms with Gasteiger partial charge >= 0.3 is 0 Å². The van der Waals surface area contributed by atoms with Gasteiger partial charge in [0.1, 0.15) is 12.3 Å². The molecule has 9 nitrogen and oxygen atoms in total. The molecule has 1 saturated heterocycles. The van der Waals surface area contributed by atoms with Gasteiger partial charge in [-0.1, -0.05) is 13.3 Å². The number of unbranched alkanes of at least 4 members (excludes halogenated alkanes) is 1. The lowest BCUT2D eigenvalue weighted by Crippen LogP contribution is -2.24. The molecule has 0 bridgehead atoms. The molecule has 23 heavy (non-hydrogen) atoms. The maximum atomic E-state index is 9.88. The van der Waals surface area contributed by atoms with E-state index in [0.29, 0.717) is 30.1 Å². The van der Waals surface area contributed by atoms with Crippen molar-refractivity contribution in [3.05, 3.63) is 6.33 Å². The second-order valence-electron chi connectivity index (χ2n) is 5.53. The summed E-state index contributed by atoms with van der Waals surface area (Å²) in [5, 5.41) is 19.1. The average molecular weight is 323 g/mol. The molecule has 0 unspecified atom stereocenters. The lowest BCUT2D eigenvalue weighted by atomic mass is 10.2. The summed E-state index contributed by atoms with van der Waals surface area (Å²) in [4.78, 5) is 12.6. The van der Waals surface area contributed by atoms with Gasteiger partial charge in [-0.2, -0.15) is 9.97 Å².